The van der Waals surface area contributed by atoms with Gasteiger partial charge in [-0.3, -0.25) is 4.79 Å². The van der Waals surface area contributed by atoms with Crippen LogP contribution in [0.3, 0.4) is 0 Å². The van der Waals surface area contributed by atoms with Gasteiger partial charge in [0.1, 0.15) is 0 Å². The molecule has 0 aliphatic rings. The van der Waals surface area contributed by atoms with E-state index in [1.807, 2.05) is 48.7 Å². The van der Waals surface area contributed by atoms with Gasteiger partial charge in [0.15, 0.2) is 0 Å². The molecule has 0 bridgehead atoms. The number of rotatable bonds is 6. The predicted octanol–water partition coefficient (Wildman–Crippen LogP) is 3.86. The van der Waals surface area contributed by atoms with E-state index in [4.69, 9.17) is 4.52 Å². The Hall–Kier alpha value is -2.40. The predicted molar refractivity (Wildman–Crippen MR) is 90.8 cm³/mol. The van der Waals surface area contributed by atoms with Crippen molar-refractivity contribution >= 4 is 17.2 Å². The van der Waals surface area contributed by atoms with E-state index in [0.29, 0.717) is 6.54 Å². The summed E-state index contributed by atoms with van der Waals surface area (Å²) >= 11 is 1.69. The normalized spacial score (nSPS) is 12.0. The maximum Gasteiger partial charge on any atom is 0.289 e. The van der Waals surface area contributed by atoms with Gasteiger partial charge in [-0.15, -0.1) is 11.3 Å². The number of carbonyl (C=O) groups is 1. The van der Waals surface area contributed by atoms with Gasteiger partial charge in [0.2, 0.25) is 5.76 Å². The smallest absolute Gasteiger partial charge is 0.289 e. The molecular weight excluding hydrogens is 308 g/mol. The highest BCUT2D eigenvalue weighted by atomic mass is 32.1. The van der Waals surface area contributed by atoms with Gasteiger partial charge < -0.3 is 9.84 Å². The second kappa shape index (κ2) is 7.24. The van der Waals surface area contributed by atoms with Crippen molar-refractivity contribution < 1.29 is 9.32 Å². The molecule has 0 fully saturated rings. The zero-order chi connectivity index (χ0) is 16.1. The first-order chi connectivity index (χ1) is 11.2. The van der Waals surface area contributed by atoms with E-state index in [1.54, 1.807) is 17.4 Å². The number of aromatic nitrogens is 1. The van der Waals surface area contributed by atoms with E-state index >= 15 is 0 Å². The van der Waals surface area contributed by atoms with E-state index < -0.39 is 0 Å². The van der Waals surface area contributed by atoms with Gasteiger partial charge in [0.05, 0.1) is 5.69 Å². The number of nitrogens with one attached hydrogen (secondary N) is 1. The van der Waals surface area contributed by atoms with Crippen LogP contribution in [0, 0.1) is 0 Å². The van der Waals surface area contributed by atoms with E-state index in [1.165, 1.54) is 4.88 Å². The van der Waals surface area contributed by atoms with Crippen LogP contribution in [-0.4, -0.2) is 17.6 Å². The van der Waals surface area contributed by atoms with E-state index in [0.717, 1.165) is 17.7 Å². The van der Waals surface area contributed by atoms with Gasteiger partial charge in [-0.25, -0.2) is 0 Å². The Labute approximate surface area is 139 Å². The lowest BCUT2D eigenvalue weighted by atomic mass is 9.98. The second-order valence-corrected chi connectivity index (χ2v) is 6.37. The number of carbonyl (C=O) groups excluding carboxylic acids is 1. The first-order valence-electron chi connectivity index (χ1n) is 7.56. The van der Waals surface area contributed by atoms with Crippen LogP contribution in [0.1, 0.15) is 39.5 Å². The Kier molecular flexibility index (Phi) is 4.88. The van der Waals surface area contributed by atoms with Crippen LogP contribution in [0.15, 0.2) is 58.4 Å². The van der Waals surface area contributed by atoms with Crippen molar-refractivity contribution in [1.82, 2.24) is 10.5 Å². The Morgan fingerprint density at radius 2 is 2.09 bits per heavy atom. The average Bonchev–Trinajstić information content (AvgIpc) is 3.26. The van der Waals surface area contributed by atoms with Crippen molar-refractivity contribution in [3.8, 4) is 0 Å². The van der Waals surface area contributed by atoms with Crippen LogP contribution in [0.5, 0.6) is 0 Å². The van der Waals surface area contributed by atoms with Crippen LogP contribution in [0.2, 0.25) is 0 Å². The van der Waals surface area contributed by atoms with Gasteiger partial charge in [-0.1, -0.05) is 48.5 Å². The topological polar surface area (TPSA) is 55.1 Å². The molecule has 0 radical (unpaired) electrons. The van der Waals surface area contributed by atoms with Crippen molar-refractivity contribution in [2.24, 2.45) is 0 Å². The number of benzene rings is 1. The summed E-state index contributed by atoms with van der Waals surface area (Å²) < 4.78 is 5.20. The third kappa shape index (κ3) is 3.87. The fraction of sp³-hybridized carbons (Fsp3) is 0.222. The van der Waals surface area contributed by atoms with Crippen molar-refractivity contribution in [2.45, 2.75) is 19.3 Å². The minimum atomic E-state index is -0.222. The summed E-state index contributed by atoms with van der Waals surface area (Å²) in [6.07, 6.45) is 0.824. The summed E-state index contributed by atoms with van der Waals surface area (Å²) in [5.74, 6) is 0.127. The van der Waals surface area contributed by atoms with Gasteiger partial charge in [0, 0.05) is 23.4 Å². The van der Waals surface area contributed by atoms with Crippen LogP contribution in [0.4, 0.5) is 0 Å². The van der Waals surface area contributed by atoms with Gasteiger partial charge in [-0.05, 0) is 23.4 Å². The molecule has 5 heteroatoms. The Balaban J connectivity index is 1.59. The second-order valence-electron chi connectivity index (χ2n) is 5.33. The molecule has 0 saturated heterocycles. The van der Waals surface area contributed by atoms with Crippen LogP contribution in [0.25, 0.3) is 0 Å². The summed E-state index contributed by atoms with van der Waals surface area (Å²) in [5, 5.41) is 8.93. The fourth-order valence-electron chi connectivity index (χ4n) is 2.35. The highest BCUT2D eigenvalue weighted by Gasteiger charge is 2.17. The van der Waals surface area contributed by atoms with Crippen molar-refractivity contribution in [2.75, 3.05) is 6.54 Å². The van der Waals surface area contributed by atoms with Crippen molar-refractivity contribution in [3.63, 3.8) is 0 Å². The number of amides is 1. The van der Waals surface area contributed by atoms with Gasteiger partial charge >= 0.3 is 0 Å². The molecule has 0 aliphatic carbocycles. The third-order valence-electron chi connectivity index (χ3n) is 3.73. The summed E-state index contributed by atoms with van der Waals surface area (Å²) in [6.45, 7) is 2.63. The maximum atomic E-state index is 12.1. The fourth-order valence-corrected chi connectivity index (χ4v) is 3.06. The molecule has 3 rings (SSSR count). The lowest BCUT2D eigenvalue weighted by Crippen LogP contribution is -2.25. The zero-order valence-corrected chi connectivity index (χ0v) is 13.7. The van der Waals surface area contributed by atoms with Gasteiger partial charge in [0.25, 0.3) is 5.91 Å². The Bertz CT molecular complexity index is 750. The van der Waals surface area contributed by atoms with Crippen molar-refractivity contribution in [3.05, 3.63) is 75.8 Å². The Morgan fingerprint density at radius 3 is 2.83 bits per heavy atom. The molecule has 0 aliphatic heterocycles. The molecule has 1 unspecified atom stereocenters. The first-order valence-corrected chi connectivity index (χ1v) is 8.44. The lowest BCUT2D eigenvalue weighted by Gasteiger charge is -2.06. The monoisotopic (exact) mass is 326 g/mol. The maximum absolute atomic E-state index is 12.1. The molecular formula is C18H18N2O2S. The SMILES string of the molecule is CC(c1ccccc1)c1cc(C(=O)NCCc2cccs2)on1. The minimum absolute atomic E-state index is 0.0904. The average molecular weight is 326 g/mol. The van der Waals surface area contributed by atoms with Gasteiger partial charge in [-0.2, -0.15) is 0 Å². The molecule has 1 N–H and O–H groups in total. The summed E-state index contributed by atoms with van der Waals surface area (Å²) in [4.78, 5) is 13.4. The molecule has 2 aromatic heterocycles. The number of hydrogen-bond donors (Lipinski definition) is 1. The third-order valence-corrected chi connectivity index (χ3v) is 4.67. The standard InChI is InChI=1S/C18H18N2O2S/c1-13(14-6-3-2-4-7-14)16-12-17(22-20-16)18(21)19-10-9-15-8-5-11-23-15/h2-8,11-13H,9-10H2,1H3,(H,19,21). The van der Waals surface area contributed by atoms with E-state index in [9.17, 15) is 4.79 Å². The van der Waals surface area contributed by atoms with E-state index in [2.05, 4.69) is 16.5 Å². The number of nitrogens with zero attached hydrogens (tertiary/aromatic N) is 1. The molecule has 3 aromatic rings. The summed E-state index contributed by atoms with van der Waals surface area (Å²) in [5.41, 5.74) is 1.91. The largest absolute Gasteiger partial charge is 0.351 e. The minimum Gasteiger partial charge on any atom is -0.351 e. The van der Waals surface area contributed by atoms with Crippen LogP contribution in [-0.2, 0) is 6.42 Å². The molecule has 4 nitrogen and oxygen atoms in total. The zero-order valence-electron chi connectivity index (χ0n) is 12.9. The number of thiophene rings is 1. The van der Waals surface area contributed by atoms with Crippen molar-refractivity contribution in [1.29, 1.82) is 0 Å². The molecule has 23 heavy (non-hydrogen) atoms. The number of hydrogen-bond acceptors (Lipinski definition) is 4. The van der Waals surface area contributed by atoms with E-state index in [-0.39, 0.29) is 17.6 Å². The van der Waals surface area contributed by atoms with Crippen LogP contribution >= 0.6 is 11.3 Å². The molecule has 0 saturated carbocycles. The molecule has 1 aromatic carbocycles. The highest BCUT2D eigenvalue weighted by Crippen LogP contribution is 2.23. The molecule has 1 atom stereocenters. The molecule has 2 heterocycles. The highest BCUT2D eigenvalue weighted by molar-refractivity contribution is 7.09. The molecule has 118 valence electrons. The molecule has 1 amide bonds. The Morgan fingerprint density at radius 1 is 1.26 bits per heavy atom. The molecule has 0 spiro atoms. The summed E-state index contributed by atoms with van der Waals surface area (Å²) in [7, 11) is 0. The first kappa shape index (κ1) is 15.5. The lowest BCUT2D eigenvalue weighted by molar-refractivity contribution is 0.0917. The quantitative estimate of drug-likeness (QED) is 0.748. The van der Waals surface area contributed by atoms with Crippen LogP contribution < -0.4 is 5.32 Å². The summed E-state index contributed by atoms with van der Waals surface area (Å²) in [6, 6.07) is 15.8.